The fourth-order valence-corrected chi connectivity index (χ4v) is 15.4. The average Bonchev–Trinajstić information content (AvgIpc) is 3.46. The van der Waals surface area contributed by atoms with Gasteiger partial charge in [0.05, 0.1) is 18.3 Å². The largest absolute Gasteiger partial charge is 0.374 e. The minimum absolute atomic E-state index is 0.0851. The minimum atomic E-state index is 0.0851. The molecule has 0 amide bonds. The zero-order valence-corrected chi connectivity index (χ0v) is 30.8. The fourth-order valence-electron chi connectivity index (χ4n) is 15.4. The molecule has 6 saturated carbocycles. The molecule has 2 aliphatic heterocycles. The molecule has 1 saturated heterocycles. The second-order valence-electron chi connectivity index (χ2n) is 19.2. The molecular weight excluding hydrogens is 613 g/mol. The number of aliphatic imine (C=N–C) groups is 2. The highest BCUT2D eigenvalue weighted by atomic mass is 16.5. The van der Waals surface area contributed by atoms with Gasteiger partial charge in [0.25, 0.3) is 0 Å². The monoisotopic (exact) mass is 677 g/mol. The van der Waals surface area contributed by atoms with Gasteiger partial charge in [-0.05, 0) is 162 Å². The summed E-state index contributed by atoms with van der Waals surface area (Å²) in [5.41, 5.74) is 0.425. The number of hydrogen-bond acceptors (Lipinski definition) is 5. The van der Waals surface area contributed by atoms with Crippen molar-refractivity contribution in [2.75, 3.05) is 0 Å². The van der Waals surface area contributed by atoms with E-state index in [1.165, 1.54) is 127 Å². The average molecular weight is 677 g/mol. The summed E-state index contributed by atoms with van der Waals surface area (Å²) in [4.78, 5) is 11.0. The van der Waals surface area contributed by atoms with Crippen molar-refractivity contribution >= 4 is 11.7 Å². The Hall–Kier alpha value is -1.93. The Morgan fingerprint density at radius 1 is 0.640 bits per heavy atom. The first-order chi connectivity index (χ1) is 24.7. The molecule has 5 heteroatoms. The van der Waals surface area contributed by atoms with E-state index in [1.54, 1.807) is 0 Å². The van der Waals surface area contributed by atoms with E-state index in [-0.39, 0.29) is 18.2 Å². The summed E-state index contributed by atoms with van der Waals surface area (Å²) in [6.07, 6.45) is 39.3. The third kappa shape index (κ3) is 5.37. The number of nitrogens with one attached hydrogen (secondary N) is 1. The van der Waals surface area contributed by atoms with Crippen LogP contribution < -0.4 is 5.32 Å². The first-order valence-electron chi connectivity index (χ1n) is 22.0. The lowest BCUT2D eigenvalue weighted by atomic mass is 9.45. The highest BCUT2D eigenvalue weighted by Gasteiger charge is 2.71. The van der Waals surface area contributed by atoms with Crippen LogP contribution in [0.25, 0.3) is 0 Å². The molecule has 15 atom stereocenters. The topological polar surface area (TPSA) is 69.8 Å². The second-order valence-corrected chi connectivity index (χ2v) is 19.2. The Morgan fingerprint density at radius 2 is 1.40 bits per heavy atom. The zero-order valence-electron chi connectivity index (χ0n) is 30.8. The van der Waals surface area contributed by atoms with E-state index in [0.29, 0.717) is 41.1 Å². The smallest absolute Gasteiger partial charge is 0.146 e. The number of amidine groups is 2. The Balaban J connectivity index is 0.992. The van der Waals surface area contributed by atoms with Gasteiger partial charge < -0.3 is 10.1 Å². The maximum Gasteiger partial charge on any atom is 0.146 e. The summed E-state index contributed by atoms with van der Waals surface area (Å²) < 4.78 is 7.50. The molecule has 15 unspecified atom stereocenters. The molecule has 0 aromatic carbocycles. The van der Waals surface area contributed by atoms with Crippen molar-refractivity contribution in [2.24, 2.45) is 86.4 Å². The van der Waals surface area contributed by atoms with E-state index >= 15 is 0 Å². The van der Waals surface area contributed by atoms with Gasteiger partial charge in [-0.3, -0.25) is 0 Å². The standard InChI is InChI=1S/C45H64N4O/c46-27-28-19-21-37-40(23-28)50-41-26-33(44-48-42(29-11-3-1-4-12-29)47-43(49-44)30-13-5-2-6-14-30)20-22-38(41)45(37)36-18-10-9-17-34(36)35-24-31-15-7-8-16-32(31)25-39(35)45/h1,3,7,15,28-42H,2,4-6,8-14,16-26H2,(H,47,48,49). The predicted molar refractivity (Wildman–Crippen MR) is 200 cm³/mol. The van der Waals surface area contributed by atoms with Crippen molar-refractivity contribution in [3.05, 3.63) is 24.3 Å². The SMILES string of the molecule is N#CC1CCC2C(C1)OC1CC(C3=NC(C4CC=CCC4)N=C(C4CCCCC4)N3)CCC1C21C2CCCCC2C2CC3C=CCCC3CC21. The fraction of sp³-hybridized carbons (Fsp3) is 0.844. The molecule has 10 rings (SSSR count). The maximum absolute atomic E-state index is 10.2. The van der Waals surface area contributed by atoms with E-state index in [9.17, 15) is 5.26 Å². The van der Waals surface area contributed by atoms with Crippen LogP contribution in [0.15, 0.2) is 34.3 Å². The lowest BCUT2D eigenvalue weighted by Gasteiger charge is -2.64. The molecule has 1 N–H and O–H groups in total. The molecule has 0 radical (unpaired) electrons. The van der Waals surface area contributed by atoms with Gasteiger partial charge in [0.2, 0.25) is 0 Å². The molecule has 50 heavy (non-hydrogen) atoms. The quantitative estimate of drug-likeness (QED) is 0.303. The van der Waals surface area contributed by atoms with Crippen molar-refractivity contribution in [3.8, 4) is 6.07 Å². The summed E-state index contributed by atoms with van der Waals surface area (Å²) in [6, 6.07) is 2.74. The normalized spacial score (nSPS) is 50.0. The Bertz CT molecular complexity index is 1430. The van der Waals surface area contributed by atoms with Gasteiger partial charge in [0.1, 0.15) is 17.8 Å². The van der Waals surface area contributed by atoms with Crippen LogP contribution in [0.3, 0.4) is 0 Å². The van der Waals surface area contributed by atoms with Crippen LogP contribution in [0, 0.1) is 87.8 Å². The summed E-state index contributed by atoms with van der Waals surface area (Å²) in [6.45, 7) is 0. The van der Waals surface area contributed by atoms with Gasteiger partial charge in [-0.15, -0.1) is 0 Å². The Kier molecular flexibility index (Phi) is 8.82. The summed E-state index contributed by atoms with van der Waals surface area (Å²) >= 11 is 0. The van der Waals surface area contributed by atoms with E-state index in [1.807, 2.05) is 0 Å². The molecule has 1 spiro atoms. The number of hydrogen-bond donors (Lipinski definition) is 1. The molecule has 0 aromatic heterocycles. The third-order valence-corrected chi connectivity index (χ3v) is 17.3. The van der Waals surface area contributed by atoms with Crippen molar-refractivity contribution in [2.45, 2.75) is 160 Å². The molecule has 8 aliphatic carbocycles. The number of allylic oxidation sites excluding steroid dienone is 4. The van der Waals surface area contributed by atoms with Crippen molar-refractivity contribution < 1.29 is 4.74 Å². The van der Waals surface area contributed by atoms with E-state index in [2.05, 4.69) is 35.7 Å². The minimum Gasteiger partial charge on any atom is -0.374 e. The van der Waals surface area contributed by atoms with Crippen LogP contribution in [-0.2, 0) is 4.74 Å². The highest BCUT2D eigenvalue weighted by Crippen LogP contribution is 2.75. The number of fused-ring (bicyclic) bond motifs is 10. The molecule has 270 valence electrons. The van der Waals surface area contributed by atoms with Gasteiger partial charge in [0.15, 0.2) is 0 Å². The van der Waals surface area contributed by atoms with E-state index in [4.69, 9.17) is 14.7 Å². The molecular formula is C45H64N4O. The predicted octanol–water partition coefficient (Wildman–Crippen LogP) is 10.2. The van der Waals surface area contributed by atoms with Crippen LogP contribution in [0.4, 0.5) is 0 Å². The number of nitriles is 1. The third-order valence-electron chi connectivity index (χ3n) is 17.3. The van der Waals surface area contributed by atoms with Crippen LogP contribution in [0.1, 0.15) is 141 Å². The molecule has 0 bridgehead atoms. The number of nitrogens with zero attached hydrogens (tertiary/aromatic N) is 3. The highest BCUT2D eigenvalue weighted by molar-refractivity contribution is 6.04. The molecule has 0 aromatic rings. The van der Waals surface area contributed by atoms with Crippen molar-refractivity contribution in [1.82, 2.24) is 5.32 Å². The summed E-state index contributed by atoms with van der Waals surface area (Å²) in [5.74, 6) is 11.0. The van der Waals surface area contributed by atoms with Gasteiger partial charge in [-0.2, -0.15) is 5.26 Å². The van der Waals surface area contributed by atoms with Gasteiger partial charge in [-0.25, -0.2) is 9.98 Å². The number of rotatable bonds is 3. The Morgan fingerprint density at radius 3 is 2.24 bits per heavy atom. The lowest BCUT2D eigenvalue weighted by molar-refractivity contribution is -0.248. The van der Waals surface area contributed by atoms with Crippen LogP contribution in [0.2, 0.25) is 0 Å². The van der Waals surface area contributed by atoms with Gasteiger partial charge in [0, 0.05) is 23.7 Å². The van der Waals surface area contributed by atoms with Crippen LogP contribution >= 0.6 is 0 Å². The van der Waals surface area contributed by atoms with Crippen LogP contribution in [0.5, 0.6) is 0 Å². The zero-order chi connectivity index (χ0) is 33.2. The first-order valence-corrected chi connectivity index (χ1v) is 22.0. The number of ether oxygens (including phenoxy) is 1. The molecule has 7 fully saturated rings. The lowest BCUT2D eigenvalue weighted by Crippen LogP contribution is -2.63. The molecule has 2 heterocycles. The Labute approximate surface area is 302 Å². The van der Waals surface area contributed by atoms with Gasteiger partial charge in [-0.1, -0.05) is 56.4 Å². The molecule has 5 nitrogen and oxygen atoms in total. The first kappa shape index (κ1) is 32.7. The van der Waals surface area contributed by atoms with E-state index < -0.39 is 0 Å². The van der Waals surface area contributed by atoms with Crippen molar-refractivity contribution in [1.29, 1.82) is 5.26 Å². The van der Waals surface area contributed by atoms with Crippen LogP contribution in [-0.4, -0.2) is 30.0 Å². The van der Waals surface area contributed by atoms with E-state index in [0.717, 1.165) is 61.2 Å². The maximum atomic E-state index is 10.2. The second kappa shape index (κ2) is 13.5. The van der Waals surface area contributed by atoms with Gasteiger partial charge >= 0.3 is 0 Å². The summed E-state index contributed by atoms with van der Waals surface area (Å²) in [7, 11) is 0. The molecule has 10 aliphatic rings. The summed E-state index contributed by atoms with van der Waals surface area (Å²) in [5, 5.41) is 14.2. The van der Waals surface area contributed by atoms with Crippen molar-refractivity contribution in [3.63, 3.8) is 0 Å².